The lowest BCUT2D eigenvalue weighted by Crippen LogP contribution is -2.60. The standard InChI is InChI=1S/C19H27N3O5/c1-12(20-13(2)23)16(24)22-19(3,4)18(26)21-15(17(25)27-5)11-14-9-7-6-8-10-14/h6-10,12,15H,11H2,1-5H3,(H,20,23)(H,21,26)(H,22,24)/t12-,15-/m0/s1. The number of hydrogen-bond donors (Lipinski definition) is 3. The van der Waals surface area contributed by atoms with Gasteiger partial charge in [0.25, 0.3) is 0 Å². The molecule has 0 saturated heterocycles. The molecule has 0 unspecified atom stereocenters. The van der Waals surface area contributed by atoms with E-state index in [0.29, 0.717) is 0 Å². The second kappa shape index (κ2) is 9.70. The highest BCUT2D eigenvalue weighted by molar-refractivity contribution is 5.95. The van der Waals surface area contributed by atoms with Gasteiger partial charge in [0.05, 0.1) is 7.11 Å². The average molecular weight is 377 g/mol. The normalized spacial score (nSPS) is 13.1. The van der Waals surface area contributed by atoms with Crippen molar-refractivity contribution in [3.05, 3.63) is 35.9 Å². The Labute approximate surface area is 159 Å². The summed E-state index contributed by atoms with van der Waals surface area (Å²) in [6.45, 7) is 5.83. The molecule has 2 atom stereocenters. The molecule has 3 amide bonds. The Morgan fingerprint density at radius 2 is 1.67 bits per heavy atom. The van der Waals surface area contributed by atoms with Crippen LogP contribution in [0, 0.1) is 0 Å². The maximum absolute atomic E-state index is 12.6. The van der Waals surface area contributed by atoms with E-state index in [1.54, 1.807) is 0 Å². The first kappa shape index (κ1) is 22.1. The molecule has 0 radical (unpaired) electrons. The lowest BCUT2D eigenvalue weighted by molar-refractivity contribution is -0.146. The first-order valence-corrected chi connectivity index (χ1v) is 8.58. The molecule has 0 heterocycles. The summed E-state index contributed by atoms with van der Waals surface area (Å²) in [7, 11) is 1.24. The van der Waals surface area contributed by atoms with Gasteiger partial charge in [0.15, 0.2) is 0 Å². The number of benzene rings is 1. The van der Waals surface area contributed by atoms with Crippen molar-refractivity contribution in [2.45, 2.75) is 51.7 Å². The largest absolute Gasteiger partial charge is 0.467 e. The molecule has 0 spiro atoms. The molecule has 8 nitrogen and oxygen atoms in total. The summed E-state index contributed by atoms with van der Waals surface area (Å²) in [5.41, 5.74) is -0.443. The first-order chi connectivity index (χ1) is 12.6. The fraction of sp³-hybridized carbons (Fsp3) is 0.474. The zero-order valence-corrected chi connectivity index (χ0v) is 16.3. The molecule has 0 fully saturated rings. The molecule has 1 aromatic rings. The first-order valence-electron chi connectivity index (χ1n) is 8.58. The molecule has 0 aliphatic heterocycles. The van der Waals surface area contributed by atoms with Gasteiger partial charge in [-0.1, -0.05) is 30.3 Å². The third-order valence-corrected chi connectivity index (χ3v) is 3.89. The Bertz CT molecular complexity index is 688. The summed E-state index contributed by atoms with van der Waals surface area (Å²) in [6.07, 6.45) is 0.256. The fourth-order valence-corrected chi connectivity index (χ4v) is 2.37. The van der Waals surface area contributed by atoms with Crippen LogP contribution in [0.15, 0.2) is 30.3 Å². The van der Waals surface area contributed by atoms with Crippen LogP contribution >= 0.6 is 0 Å². The van der Waals surface area contributed by atoms with Crippen molar-refractivity contribution in [1.82, 2.24) is 16.0 Å². The Kier molecular flexibility index (Phi) is 7.96. The number of rotatable bonds is 8. The Balaban J connectivity index is 2.81. The number of nitrogens with one attached hydrogen (secondary N) is 3. The van der Waals surface area contributed by atoms with Crippen LogP contribution in [0.4, 0.5) is 0 Å². The van der Waals surface area contributed by atoms with Crippen molar-refractivity contribution < 1.29 is 23.9 Å². The third kappa shape index (κ3) is 7.08. The number of hydrogen-bond acceptors (Lipinski definition) is 5. The summed E-state index contributed by atoms with van der Waals surface area (Å²) in [6, 6.07) is 7.50. The molecular formula is C19H27N3O5. The molecule has 0 aromatic heterocycles. The smallest absolute Gasteiger partial charge is 0.328 e. The van der Waals surface area contributed by atoms with Crippen molar-refractivity contribution >= 4 is 23.7 Å². The van der Waals surface area contributed by atoms with E-state index in [1.165, 1.54) is 34.8 Å². The van der Waals surface area contributed by atoms with Crippen LogP contribution in [0.3, 0.4) is 0 Å². The van der Waals surface area contributed by atoms with Gasteiger partial charge in [-0.25, -0.2) is 4.79 Å². The Morgan fingerprint density at radius 3 is 2.19 bits per heavy atom. The van der Waals surface area contributed by atoms with Crippen molar-refractivity contribution in [2.24, 2.45) is 0 Å². The van der Waals surface area contributed by atoms with Gasteiger partial charge in [0.1, 0.15) is 17.6 Å². The molecule has 1 aromatic carbocycles. The minimum absolute atomic E-state index is 0.256. The van der Waals surface area contributed by atoms with Gasteiger partial charge in [-0.3, -0.25) is 14.4 Å². The second-order valence-corrected chi connectivity index (χ2v) is 6.78. The lowest BCUT2D eigenvalue weighted by atomic mass is 10.0. The highest BCUT2D eigenvalue weighted by atomic mass is 16.5. The lowest BCUT2D eigenvalue weighted by Gasteiger charge is -2.29. The quantitative estimate of drug-likeness (QED) is 0.564. The second-order valence-electron chi connectivity index (χ2n) is 6.78. The van der Waals surface area contributed by atoms with E-state index in [2.05, 4.69) is 16.0 Å². The van der Waals surface area contributed by atoms with Crippen molar-refractivity contribution in [3.63, 3.8) is 0 Å². The van der Waals surface area contributed by atoms with Gasteiger partial charge in [-0.05, 0) is 26.3 Å². The predicted molar refractivity (Wildman–Crippen MR) is 99.6 cm³/mol. The molecule has 0 aliphatic rings. The maximum atomic E-state index is 12.6. The molecule has 3 N–H and O–H groups in total. The minimum Gasteiger partial charge on any atom is -0.467 e. The van der Waals surface area contributed by atoms with Gasteiger partial charge in [0.2, 0.25) is 17.7 Å². The Morgan fingerprint density at radius 1 is 1.07 bits per heavy atom. The van der Waals surface area contributed by atoms with E-state index < -0.39 is 35.4 Å². The molecule has 0 aliphatic carbocycles. The van der Waals surface area contributed by atoms with Crippen LogP contribution in [0.25, 0.3) is 0 Å². The van der Waals surface area contributed by atoms with Gasteiger partial charge in [0, 0.05) is 13.3 Å². The van der Waals surface area contributed by atoms with Gasteiger partial charge in [-0.2, -0.15) is 0 Å². The molecular weight excluding hydrogens is 350 g/mol. The predicted octanol–water partition coefficient (Wildman–Crippen LogP) is 0.306. The highest BCUT2D eigenvalue weighted by Crippen LogP contribution is 2.08. The number of carbonyl (C=O) groups excluding carboxylic acids is 4. The summed E-state index contributed by atoms with van der Waals surface area (Å²) >= 11 is 0. The topological polar surface area (TPSA) is 114 Å². The molecule has 0 bridgehead atoms. The Hall–Kier alpha value is -2.90. The van der Waals surface area contributed by atoms with Crippen LogP contribution < -0.4 is 16.0 Å². The van der Waals surface area contributed by atoms with Crippen LogP contribution in [-0.2, 0) is 30.3 Å². The van der Waals surface area contributed by atoms with E-state index >= 15 is 0 Å². The number of methoxy groups -OCH3 is 1. The summed E-state index contributed by atoms with van der Waals surface area (Å²) in [4.78, 5) is 47.9. The molecule has 148 valence electrons. The molecule has 27 heavy (non-hydrogen) atoms. The fourth-order valence-electron chi connectivity index (χ4n) is 2.37. The summed E-state index contributed by atoms with van der Waals surface area (Å²) in [5, 5.41) is 7.64. The van der Waals surface area contributed by atoms with Gasteiger partial charge in [-0.15, -0.1) is 0 Å². The third-order valence-electron chi connectivity index (χ3n) is 3.89. The number of amides is 3. The van der Waals surface area contributed by atoms with E-state index in [0.717, 1.165) is 5.56 Å². The van der Waals surface area contributed by atoms with Crippen molar-refractivity contribution in [3.8, 4) is 0 Å². The zero-order valence-electron chi connectivity index (χ0n) is 16.3. The minimum atomic E-state index is -1.30. The van der Waals surface area contributed by atoms with Crippen LogP contribution in [0.5, 0.6) is 0 Å². The average Bonchev–Trinajstić information content (AvgIpc) is 2.60. The maximum Gasteiger partial charge on any atom is 0.328 e. The summed E-state index contributed by atoms with van der Waals surface area (Å²) < 4.78 is 4.77. The molecule has 0 saturated carbocycles. The van der Waals surface area contributed by atoms with Crippen molar-refractivity contribution in [1.29, 1.82) is 0 Å². The van der Waals surface area contributed by atoms with Gasteiger partial charge >= 0.3 is 5.97 Å². The monoisotopic (exact) mass is 377 g/mol. The van der Waals surface area contributed by atoms with Crippen LogP contribution in [0.2, 0.25) is 0 Å². The highest BCUT2D eigenvalue weighted by Gasteiger charge is 2.34. The number of carbonyl (C=O) groups is 4. The van der Waals surface area contributed by atoms with Crippen LogP contribution in [0.1, 0.15) is 33.3 Å². The number of esters is 1. The van der Waals surface area contributed by atoms with Crippen molar-refractivity contribution in [2.75, 3.05) is 7.11 Å². The number of ether oxygens (including phenoxy) is 1. The summed E-state index contributed by atoms with van der Waals surface area (Å²) in [5.74, 6) is -1.99. The van der Waals surface area contributed by atoms with Gasteiger partial charge < -0.3 is 20.7 Å². The van der Waals surface area contributed by atoms with Crippen LogP contribution in [-0.4, -0.2) is 48.4 Å². The zero-order chi connectivity index (χ0) is 20.6. The molecule has 1 rings (SSSR count). The van der Waals surface area contributed by atoms with E-state index in [9.17, 15) is 19.2 Å². The van der Waals surface area contributed by atoms with E-state index in [4.69, 9.17) is 4.74 Å². The molecule has 8 heteroatoms. The van der Waals surface area contributed by atoms with E-state index in [-0.39, 0.29) is 12.3 Å². The van der Waals surface area contributed by atoms with E-state index in [1.807, 2.05) is 30.3 Å². The SMILES string of the molecule is COC(=O)[C@H](Cc1ccccc1)NC(=O)C(C)(C)NC(=O)[C@H](C)NC(C)=O.